The molecule has 0 bridgehead atoms. The standard InChI is InChI=1S/C14H13N3OS/c15-11-1-2-12-13(9-11)18-14(17-12)19-8-5-10-3-6-16-7-4-10/h1-4,6-7,9H,5,8,15H2. The molecule has 0 atom stereocenters. The fourth-order valence-corrected chi connectivity index (χ4v) is 2.61. The lowest BCUT2D eigenvalue weighted by Gasteiger charge is -1.97. The number of oxazole rings is 1. The third kappa shape index (κ3) is 2.88. The summed E-state index contributed by atoms with van der Waals surface area (Å²) in [6.45, 7) is 0. The maximum absolute atomic E-state index is 5.71. The zero-order valence-electron chi connectivity index (χ0n) is 10.2. The third-order valence-electron chi connectivity index (χ3n) is 2.76. The minimum absolute atomic E-state index is 0.689. The Hall–Kier alpha value is -2.01. The minimum Gasteiger partial charge on any atom is -0.431 e. The Morgan fingerprint density at radius 2 is 2.00 bits per heavy atom. The van der Waals surface area contributed by atoms with Gasteiger partial charge in [-0.1, -0.05) is 11.8 Å². The van der Waals surface area contributed by atoms with Crippen molar-refractivity contribution >= 4 is 28.5 Å². The van der Waals surface area contributed by atoms with Crippen LogP contribution in [0.5, 0.6) is 0 Å². The maximum Gasteiger partial charge on any atom is 0.256 e. The van der Waals surface area contributed by atoms with E-state index in [1.54, 1.807) is 17.8 Å². The number of rotatable bonds is 4. The Balaban J connectivity index is 1.65. The van der Waals surface area contributed by atoms with Crippen molar-refractivity contribution in [2.75, 3.05) is 11.5 Å². The first kappa shape index (κ1) is 12.0. The second-order valence-electron chi connectivity index (χ2n) is 4.16. The van der Waals surface area contributed by atoms with E-state index in [2.05, 4.69) is 9.97 Å². The van der Waals surface area contributed by atoms with Gasteiger partial charge in [-0.3, -0.25) is 4.98 Å². The second-order valence-corrected chi connectivity index (χ2v) is 5.21. The lowest BCUT2D eigenvalue weighted by atomic mass is 10.2. The molecule has 0 spiro atoms. The fraction of sp³-hybridized carbons (Fsp3) is 0.143. The van der Waals surface area contributed by atoms with Crippen LogP contribution in [0.25, 0.3) is 11.1 Å². The topological polar surface area (TPSA) is 64.9 Å². The van der Waals surface area contributed by atoms with Crippen LogP contribution in [0, 0.1) is 0 Å². The number of hydrogen-bond acceptors (Lipinski definition) is 5. The number of thioether (sulfide) groups is 1. The van der Waals surface area contributed by atoms with Crippen molar-refractivity contribution in [3.63, 3.8) is 0 Å². The highest BCUT2D eigenvalue weighted by Crippen LogP contribution is 2.25. The van der Waals surface area contributed by atoms with Crippen LogP contribution in [0.4, 0.5) is 5.69 Å². The Morgan fingerprint density at radius 1 is 1.16 bits per heavy atom. The quantitative estimate of drug-likeness (QED) is 0.583. The van der Waals surface area contributed by atoms with Gasteiger partial charge in [0.1, 0.15) is 5.52 Å². The van der Waals surface area contributed by atoms with Gasteiger partial charge in [-0.25, -0.2) is 4.98 Å². The van der Waals surface area contributed by atoms with Gasteiger partial charge < -0.3 is 10.2 Å². The van der Waals surface area contributed by atoms with Crippen molar-refractivity contribution in [2.24, 2.45) is 0 Å². The molecule has 0 amide bonds. The summed E-state index contributed by atoms with van der Waals surface area (Å²) in [5.74, 6) is 0.923. The average Bonchev–Trinajstić information content (AvgIpc) is 2.82. The molecule has 2 aromatic heterocycles. The summed E-state index contributed by atoms with van der Waals surface area (Å²) in [5, 5.41) is 0.689. The smallest absolute Gasteiger partial charge is 0.256 e. The van der Waals surface area contributed by atoms with E-state index in [-0.39, 0.29) is 0 Å². The highest BCUT2D eigenvalue weighted by atomic mass is 32.2. The molecule has 0 aliphatic carbocycles. The van der Waals surface area contributed by atoms with Crippen molar-refractivity contribution in [1.29, 1.82) is 0 Å². The molecular formula is C14H13N3OS. The van der Waals surface area contributed by atoms with Gasteiger partial charge in [0.05, 0.1) is 0 Å². The van der Waals surface area contributed by atoms with Gasteiger partial charge in [0.15, 0.2) is 5.58 Å². The van der Waals surface area contributed by atoms with Gasteiger partial charge in [0, 0.05) is 29.9 Å². The van der Waals surface area contributed by atoms with Crippen LogP contribution >= 0.6 is 11.8 Å². The normalized spacial score (nSPS) is 10.9. The molecule has 0 aliphatic heterocycles. The monoisotopic (exact) mass is 271 g/mol. The Kier molecular flexibility index (Phi) is 3.37. The molecule has 0 fully saturated rings. The van der Waals surface area contributed by atoms with Crippen molar-refractivity contribution in [3.05, 3.63) is 48.3 Å². The van der Waals surface area contributed by atoms with Gasteiger partial charge in [-0.2, -0.15) is 0 Å². The fourth-order valence-electron chi connectivity index (χ4n) is 1.79. The summed E-state index contributed by atoms with van der Waals surface area (Å²) in [6, 6.07) is 9.55. The number of nitrogens with two attached hydrogens (primary N) is 1. The number of hydrogen-bond donors (Lipinski definition) is 1. The summed E-state index contributed by atoms with van der Waals surface area (Å²) in [5.41, 5.74) is 9.26. The second kappa shape index (κ2) is 5.32. The summed E-state index contributed by atoms with van der Waals surface area (Å²) in [7, 11) is 0. The molecule has 0 radical (unpaired) electrons. The molecule has 3 rings (SSSR count). The molecule has 96 valence electrons. The molecule has 1 aromatic carbocycles. The molecule has 0 unspecified atom stereocenters. The number of aryl methyl sites for hydroxylation is 1. The van der Waals surface area contributed by atoms with Crippen LogP contribution in [0.2, 0.25) is 0 Å². The Bertz CT molecular complexity index is 681. The maximum atomic E-state index is 5.71. The van der Waals surface area contributed by atoms with Crippen LogP contribution in [0.15, 0.2) is 52.4 Å². The molecule has 5 heteroatoms. The van der Waals surface area contributed by atoms with Crippen molar-refractivity contribution in [1.82, 2.24) is 9.97 Å². The van der Waals surface area contributed by atoms with E-state index in [0.717, 1.165) is 23.3 Å². The van der Waals surface area contributed by atoms with Gasteiger partial charge >= 0.3 is 0 Å². The predicted molar refractivity (Wildman–Crippen MR) is 77.1 cm³/mol. The third-order valence-corrected chi connectivity index (χ3v) is 3.59. The SMILES string of the molecule is Nc1ccc2nc(SCCc3ccncc3)oc2c1. The first-order valence-corrected chi connectivity index (χ1v) is 6.97. The van der Waals surface area contributed by atoms with E-state index >= 15 is 0 Å². The summed E-state index contributed by atoms with van der Waals surface area (Å²) in [6.07, 6.45) is 4.58. The van der Waals surface area contributed by atoms with Crippen LogP contribution in [-0.2, 0) is 6.42 Å². The first-order valence-electron chi connectivity index (χ1n) is 5.99. The predicted octanol–water partition coefficient (Wildman–Crippen LogP) is 3.14. The largest absolute Gasteiger partial charge is 0.431 e. The van der Waals surface area contributed by atoms with E-state index in [0.29, 0.717) is 10.9 Å². The summed E-state index contributed by atoms with van der Waals surface area (Å²) < 4.78 is 5.65. The zero-order chi connectivity index (χ0) is 13.1. The highest BCUT2D eigenvalue weighted by Gasteiger charge is 2.06. The molecule has 3 aromatic rings. The Morgan fingerprint density at radius 3 is 2.84 bits per heavy atom. The van der Waals surface area contributed by atoms with Crippen LogP contribution in [0.1, 0.15) is 5.56 Å². The van der Waals surface area contributed by atoms with E-state index in [9.17, 15) is 0 Å². The molecular weight excluding hydrogens is 258 g/mol. The van der Waals surface area contributed by atoms with E-state index < -0.39 is 0 Å². The van der Waals surface area contributed by atoms with Crippen LogP contribution in [0.3, 0.4) is 0 Å². The number of anilines is 1. The number of nitrogen functional groups attached to an aromatic ring is 1. The number of aromatic nitrogens is 2. The van der Waals surface area contributed by atoms with Gasteiger partial charge in [0.2, 0.25) is 0 Å². The number of fused-ring (bicyclic) bond motifs is 1. The zero-order valence-corrected chi connectivity index (χ0v) is 11.1. The van der Waals surface area contributed by atoms with Gasteiger partial charge in [-0.15, -0.1) is 0 Å². The Labute approximate surface area is 115 Å². The van der Waals surface area contributed by atoms with E-state index in [4.69, 9.17) is 10.2 Å². The average molecular weight is 271 g/mol. The first-order chi connectivity index (χ1) is 9.31. The number of benzene rings is 1. The van der Waals surface area contributed by atoms with Crippen molar-refractivity contribution in [3.8, 4) is 0 Å². The van der Waals surface area contributed by atoms with Crippen LogP contribution < -0.4 is 5.73 Å². The lowest BCUT2D eigenvalue weighted by molar-refractivity contribution is 0.489. The molecule has 2 N–H and O–H groups in total. The summed E-state index contributed by atoms with van der Waals surface area (Å²) >= 11 is 1.61. The van der Waals surface area contributed by atoms with E-state index in [1.165, 1.54) is 5.56 Å². The van der Waals surface area contributed by atoms with Gasteiger partial charge in [0.25, 0.3) is 5.22 Å². The summed E-state index contributed by atoms with van der Waals surface area (Å²) in [4.78, 5) is 8.41. The van der Waals surface area contributed by atoms with Crippen LogP contribution in [-0.4, -0.2) is 15.7 Å². The van der Waals surface area contributed by atoms with Crippen molar-refractivity contribution in [2.45, 2.75) is 11.6 Å². The molecule has 0 saturated carbocycles. The highest BCUT2D eigenvalue weighted by molar-refractivity contribution is 7.99. The van der Waals surface area contributed by atoms with Gasteiger partial charge in [-0.05, 0) is 36.2 Å². The molecule has 19 heavy (non-hydrogen) atoms. The number of pyridine rings is 1. The molecule has 0 aliphatic rings. The molecule has 0 saturated heterocycles. The van der Waals surface area contributed by atoms with E-state index in [1.807, 2.05) is 36.7 Å². The molecule has 2 heterocycles. The number of nitrogens with zero attached hydrogens (tertiary/aromatic N) is 2. The lowest BCUT2D eigenvalue weighted by Crippen LogP contribution is -1.88. The minimum atomic E-state index is 0.689. The van der Waals surface area contributed by atoms with Crippen molar-refractivity contribution < 1.29 is 4.42 Å². The molecule has 4 nitrogen and oxygen atoms in total.